The Morgan fingerprint density at radius 2 is 2.33 bits per heavy atom. The van der Waals surface area contributed by atoms with Gasteiger partial charge in [0.25, 0.3) is 0 Å². The van der Waals surface area contributed by atoms with Gasteiger partial charge in [0.15, 0.2) is 11.7 Å². The molecule has 1 atom stereocenters. The number of carbonyl (C=O) groups excluding carboxylic acids is 1. The van der Waals surface area contributed by atoms with E-state index in [0.29, 0.717) is 28.8 Å². The van der Waals surface area contributed by atoms with Gasteiger partial charge < -0.3 is 4.74 Å². The van der Waals surface area contributed by atoms with Crippen molar-refractivity contribution in [2.24, 2.45) is 10.9 Å². The summed E-state index contributed by atoms with van der Waals surface area (Å²) in [6, 6.07) is 5.16. The molecule has 2 aliphatic rings. The lowest BCUT2D eigenvalue weighted by Gasteiger charge is -2.16. The van der Waals surface area contributed by atoms with Crippen LogP contribution in [0.3, 0.4) is 0 Å². The highest BCUT2D eigenvalue weighted by atomic mass is 35.5. The Hall–Kier alpha value is -1.35. The third-order valence-corrected chi connectivity index (χ3v) is 2.96. The first-order valence-electron chi connectivity index (χ1n) is 4.81. The number of halogens is 1. The number of carbonyl (C=O) groups is 1. The molecule has 1 fully saturated rings. The van der Waals surface area contributed by atoms with Gasteiger partial charge in [-0.05, 0) is 18.2 Å². The van der Waals surface area contributed by atoms with E-state index in [1.165, 1.54) is 0 Å². The normalized spacial score (nSPS) is 22.9. The Kier molecular flexibility index (Phi) is 1.83. The molecular formula is C11H8ClNO2. The summed E-state index contributed by atoms with van der Waals surface area (Å²) < 4.78 is 5.31. The number of nitrogens with zero attached hydrogens (tertiary/aromatic N) is 1. The van der Waals surface area contributed by atoms with Gasteiger partial charge in [0, 0.05) is 17.0 Å². The predicted molar refractivity (Wildman–Crippen MR) is 56.9 cm³/mol. The van der Waals surface area contributed by atoms with Gasteiger partial charge in [-0.15, -0.1) is 0 Å². The molecule has 1 aromatic rings. The summed E-state index contributed by atoms with van der Waals surface area (Å²) in [5.74, 6) is 0.459. The van der Waals surface area contributed by atoms with Crippen molar-refractivity contribution in [3.8, 4) is 0 Å². The summed E-state index contributed by atoms with van der Waals surface area (Å²) in [5, 5.41) is 0.569. The first kappa shape index (κ1) is 8.92. The van der Waals surface area contributed by atoms with Crippen molar-refractivity contribution in [1.82, 2.24) is 0 Å². The lowest BCUT2D eigenvalue weighted by atomic mass is 9.92. The Balaban J connectivity index is 2.19. The summed E-state index contributed by atoms with van der Waals surface area (Å²) in [7, 11) is 0. The van der Waals surface area contributed by atoms with E-state index >= 15 is 0 Å². The second-order valence-corrected chi connectivity index (χ2v) is 4.10. The smallest absolute Gasteiger partial charge is 0.199 e. The van der Waals surface area contributed by atoms with Crippen LogP contribution in [-0.2, 0) is 4.74 Å². The minimum atomic E-state index is -0.184. The molecular weight excluding hydrogens is 214 g/mol. The highest BCUT2D eigenvalue weighted by Crippen LogP contribution is 2.34. The molecule has 3 rings (SSSR count). The Morgan fingerprint density at radius 3 is 3.20 bits per heavy atom. The van der Waals surface area contributed by atoms with Crippen LogP contribution in [0.5, 0.6) is 0 Å². The van der Waals surface area contributed by atoms with Gasteiger partial charge in [0.05, 0.1) is 12.3 Å². The van der Waals surface area contributed by atoms with Crippen molar-refractivity contribution in [3.05, 3.63) is 28.8 Å². The summed E-state index contributed by atoms with van der Waals surface area (Å²) in [5.41, 5.74) is 1.28. The molecule has 0 N–H and O–H groups in total. The minimum Gasteiger partial charge on any atom is -0.480 e. The number of aliphatic imine (C=N–C) groups is 1. The molecule has 0 amide bonds. The largest absolute Gasteiger partial charge is 0.480 e. The number of hydrogen-bond acceptors (Lipinski definition) is 3. The standard InChI is InChI=1S/C11H8ClNO2/c12-6-1-2-9-8(5-6)10(14)7-3-4-15-11(7)13-9/h1-2,5,7H,3-4H2. The highest BCUT2D eigenvalue weighted by Gasteiger charge is 2.36. The number of fused-ring (bicyclic) bond motifs is 2. The van der Waals surface area contributed by atoms with E-state index in [0.717, 1.165) is 6.42 Å². The van der Waals surface area contributed by atoms with E-state index in [9.17, 15) is 4.79 Å². The van der Waals surface area contributed by atoms with Crippen LogP contribution in [-0.4, -0.2) is 18.3 Å². The third-order valence-electron chi connectivity index (χ3n) is 2.73. The maximum Gasteiger partial charge on any atom is 0.199 e. The third kappa shape index (κ3) is 1.27. The van der Waals surface area contributed by atoms with Crippen LogP contribution in [0.15, 0.2) is 23.2 Å². The first-order valence-corrected chi connectivity index (χ1v) is 5.18. The zero-order valence-corrected chi connectivity index (χ0v) is 8.62. The molecule has 2 heterocycles. The van der Waals surface area contributed by atoms with Crippen molar-refractivity contribution >= 4 is 29.0 Å². The van der Waals surface area contributed by atoms with Crippen molar-refractivity contribution < 1.29 is 9.53 Å². The van der Waals surface area contributed by atoms with Crippen LogP contribution in [0.2, 0.25) is 5.02 Å². The number of rotatable bonds is 0. The molecule has 0 aliphatic carbocycles. The average molecular weight is 222 g/mol. The van der Waals surface area contributed by atoms with Crippen LogP contribution in [0.1, 0.15) is 16.8 Å². The van der Waals surface area contributed by atoms with Gasteiger partial charge in [-0.3, -0.25) is 4.79 Å². The summed E-state index contributed by atoms with van der Waals surface area (Å²) in [6.45, 7) is 0.580. The van der Waals surface area contributed by atoms with Crippen molar-refractivity contribution in [3.63, 3.8) is 0 Å². The van der Waals surface area contributed by atoms with Crippen molar-refractivity contribution in [1.29, 1.82) is 0 Å². The van der Waals surface area contributed by atoms with Crippen LogP contribution in [0, 0.1) is 5.92 Å². The summed E-state index contributed by atoms with van der Waals surface area (Å²) in [6.07, 6.45) is 0.726. The maximum absolute atomic E-state index is 12.0. The average Bonchev–Trinajstić information content (AvgIpc) is 2.68. The minimum absolute atomic E-state index is 0.0787. The predicted octanol–water partition coefficient (Wildman–Crippen LogP) is 2.60. The molecule has 0 saturated carbocycles. The molecule has 4 heteroatoms. The van der Waals surface area contributed by atoms with Gasteiger partial charge in [-0.1, -0.05) is 11.6 Å². The molecule has 0 radical (unpaired) electrons. The van der Waals surface area contributed by atoms with Crippen LogP contribution in [0.25, 0.3) is 0 Å². The first-order chi connectivity index (χ1) is 7.25. The lowest BCUT2D eigenvalue weighted by molar-refractivity contribution is 0.0954. The van der Waals surface area contributed by atoms with Gasteiger partial charge in [-0.25, -0.2) is 4.99 Å². The van der Waals surface area contributed by atoms with E-state index in [2.05, 4.69) is 4.99 Å². The van der Waals surface area contributed by atoms with Gasteiger partial charge in [0.2, 0.25) is 0 Å². The Labute approximate surface area is 91.7 Å². The van der Waals surface area contributed by atoms with Crippen molar-refractivity contribution in [2.45, 2.75) is 6.42 Å². The Bertz CT molecular complexity index is 481. The van der Waals surface area contributed by atoms with Gasteiger partial charge in [-0.2, -0.15) is 0 Å². The lowest BCUT2D eigenvalue weighted by Crippen LogP contribution is -2.23. The molecule has 0 aromatic heterocycles. The number of ether oxygens (including phenoxy) is 1. The second kappa shape index (κ2) is 3.07. The van der Waals surface area contributed by atoms with E-state index in [-0.39, 0.29) is 11.7 Å². The number of hydrogen-bond donors (Lipinski definition) is 0. The van der Waals surface area contributed by atoms with E-state index in [1.54, 1.807) is 18.2 Å². The van der Waals surface area contributed by atoms with E-state index in [4.69, 9.17) is 16.3 Å². The molecule has 15 heavy (non-hydrogen) atoms. The van der Waals surface area contributed by atoms with Crippen LogP contribution in [0.4, 0.5) is 5.69 Å². The van der Waals surface area contributed by atoms with Crippen LogP contribution >= 0.6 is 11.6 Å². The monoisotopic (exact) mass is 221 g/mol. The van der Waals surface area contributed by atoms with E-state index in [1.807, 2.05) is 0 Å². The number of benzene rings is 1. The zero-order valence-electron chi connectivity index (χ0n) is 7.87. The molecule has 0 spiro atoms. The molecule has 2 aliphatic heterocycles. The zero-order chi connectivity index (χ0) is 10.4. The van der Waals surface area contributed by atoms with Gasteiger partial charge >= 0.3 is 0 Å². The van der Waals surface area contributed by atoms with E-state index < -0.39 is 0 Å². The molecule has 3 nitrogen and oxygen atoms in total. The number of Topliss-reactive ketones (excluding diaryl/α,β-unsaturated/α-hetero) is 1. The van der Waals surface area contributed by atoms with Crippen molar-refractivity contribution in [2.75, 3.05) is 6.61 Å². The molecule has 1 saturated heterocycles. The van der Waals surface area contributed by atoms with Gasteiger partial charge in [0.1, 0.15) is 5.92 Å². The summed E-state index contributed by atoms with van der Waals surface area (Å²) in [4.78, 5) is 16.3. The SMILES string of the molecule is O=C1c2cc(Cl)ccc2N=C2OCCC12. The maximum atomic E-state index is 12.0. The fourth-order valence-corrected chi connectivity index (χ4v) is 2.14. The molecule has 76 valence electrons. The topological polar surface area (TPSA) is 38.7 Å². The molecule has 1 unspecified atom stereocenters. The summed E-state index contributed by atoms with van der Waals surface area (Å²) >= 11 is 5.85. The molecule has 0 bridgehead atoms. The molecule has 1 aromatic carbocycles. The second-order valence-electron chi connectivity index (χ2n) is 3.67. The highest BCUT2D eigenvalue weighted by molar-refractivity contribution is 6.31. The fraction of sp³-hybridized carbons (Fsp3) is 0.273. The van der Waals surface area contributed by atoms with Crippen LogP contribution < -0.4 is 0 Å². The quantitative estimate of drug-likeness (QED) is 0.676. The fourth-order valence-electron chi connectivity index (χ4n) is 1.97. The number of ketones is 1. The Morgan fingerprint density at radius 1 is 1.47 bits per heavy atom.